The van der Waals surface area contributed by atoms with Crippen LogP contribution < -0.4 is 10.6 Å². The summed E-state index contributed by atoms with van der Waals surface area (Å²) >= 11 is 0. The molecular formula is C33H38N8O3. The van der Waals surface area contributed by atoms with E-state index in [1.807, 2.05) is 19.1 Å². The Balaban J connectivity index is 0.000000223. The number of carbonyl (C=O) groups excluding carboxylic acids is 2. The molecule has 44 heavy (non-hydrogen) atoms. The molecule has 2 atom stereocenters. The van der Waals surface area contributed by atoms with Gasteiger partial charge in [-0.2, -0.15) is 0 Å². The molecule has 11 nitrogen and oxygen atoms in total. The Morgan fingerprint density at radius 1 is 1.00 bits per heavy atom. The second-order valence-electron chi connectivity index (χ2n) is 11.6. The maximum absolute atomic E-state index is 11.2. The van der Waals surface area contributed by atoms with Gasteiger partial charge in [0.1, 0.15) is 11.3 Å². The smallest absolute Gasteiger partial charge is 0.246 e. The zero-order valence-electron chi connectivity index (χ0n) is 24.9. The van der Waals surface area contributed by atoms with Crippen LogP contribution in [0.25, 0.3) is 28.2 Å². The van der Waals surface area contributed by atoms with Gasteiger partial charge >= 0.3 is 0 Å². The lowest BCUT2D eigenvalue weighted by molar-refractivity contribution is -0.133. The lowest BCUT2D eigenvalue weighted by atomic mass is 10.2. The Hall–Kier alpha value is -4.77. The van der Waals surface area contributed by atoms with Crippen LogP contribution in [0, 0.1) is 0 Å². The third kappa shape index (κ3) is 6.00. The number of anilines is 2. The van der Waals surface area contributed by atoms with Crippen LogP contribution in [0.4, 0.5) is 11.5 Å². The molecule has 0 radical (unpaired) electrons. The van der Waals surface area contributed by atoms with E-state index in [2.05, 4.69) is 57.4 Å². The van der Waals surface area contributed by atoms with Crippen LogP contribution in [0.2, 0.25) is 0 Å². The fourth-order valence-electron chi connectivity index (χ4n) is 5.86. The van der Waals surface area contributed by atoms with Gasteiger partial charge in [0.15, 0.2) is 11.5 Å². The van der Waals surface area contributed by atoms with Gasteiger partial charge in [-0.1, -0.05) is 6.58 Å². The van der Waals surface area contributed by atoms with Crippen molar-refractivity contribution in [1.82, 2.24) is 29.3 Å². The number of benzene rings is 1. The number of amides is 2. The first-order valence-electron chi connectivity index (χ1n) is 15.1. The Bertz CT molecular complexity index is 1670. The van der Waals surface area contributed by atoms with Gasteiger partial charge in [0.2, 0.25) is 12.3 Å². The van der Waals surface area contributed by atoms with E-state index >= 15 is 0 Å². The highest BCUT2D eigenvalue weighted by atomic mass is 16.3. The van der Waals surface area contributed by atoms with Gasteiger partial charge in [0.05, 0.1) is 11.7 Å². The normalized spacial score (nSPS) is 19.9. The average Bonchev–Trinajstić information content (AvgIpc) is 3.70. The predicted molar refractivity (Wildman–Crippen MR) is 170 cm³/mol. The summed E-state index contributed by atoms with van der Waals surface area (Å²) in [6.45, 7) is 8.73. The fourth-order valence-corrected chi connectivity index (χ4v) is 5.86. The first kappa shape index (κ1) is 29.3. The number of nitrogen functional groups attached to an aromatic ring is 1. The van der Waals surface area contributed by atoms with E-state index in [1.165, 1.54) is 18.9 Å². The Kier molecular flexibility index (Phi) is 8.30. The summed E-state index contributed by atoms with van der Waals surface area (Å²) < 4.78 is 2.08. The van der Waals surface area contributed by atoms with E-state index in [1.54, 1.807) is 16.0 Å². The summed E-state index contributed by atoms with van der Waals surface area (Å²) in [4.78, 5) is 41.5. The molecule has 3 aliphatic rings. The molecular weight excluding hydrogens is 556 g/mol. The number of aromatic nitrogens is 4. The SMILES string of the molecule is C=CC(=O)N1CCN(C=O)C(C)C1.Nc1ncccc1-c1nc2ccc(C3CC3)nc2n1-c1ccc(N2CCC(O)C2)cc1. The molecule has 1 saturated carbocycles. The van der Waals surface area contributed by atoms with Crippen LogP contribution in [0.15, 0.2) is 67.4 Å². The number of rotatable bonds is 6. The quantitative estimate of drug-likeness (QED) is 0.256. The minimum atomic E-state index is -0.248. The summed E-state index contributed by atoms with van der Waals surface area (Å²) in [5, 5.41) is 9.87. The highest BCUT2D eigenvalue weighted by Gasteiger charge is 2.27. The summed E-state index contributed by atoms with van der Waals surface area (Å²) in [5.41, 5.74) is 11.9. The molecule has 3 aromatic heterocycles. The number of pyridine rings is 2. The molecule has 3 fully saturated rings. The minimum absolute atomic E-state index is 0.0580. The van der Waals surface area contributed by atoms with Gasteiger partial charge in [-0.25, -0.2) is 15.0 Å². The molecule has 2 saturated heterocycles. The monoisotopic (exact) mass is 594 g/mol. The van der Waals surface area contributed by atoms with Crippen molar-refractivity contribution in [3.05, 3.63) is 73.1 Å². The Morgan fingerprint density at radius 3 is 2.41 bits per heavy atom. The van der Waals surface area contributed by atoms with Crippen molar-refractivity contribution in [3.8, 4) is 17.1 Å². The summed E-state index contributed by atoms with van der Waals surface area (Å²) in [6.07, 6.45) is 6.80. The lowest BCUT2D eigenvalue weighted by Gasteiger charge is -2.37. The van der Waals surface area contributed by atoms with Crippen molar-refractivity contribution in [2.75, 3.05) is 43.4 Å². The van der Waals surface area contributed by atoms with Crippen LogP contribution in [0.5, 0.6) is 0 Å². The predicted octanol–water partition coefficient (Wildman–Crippen LogP) is 3.37. The van der Waals surface area contributed by atoms with Crippen LogP contribution in [0.1, 0.15) is 37.8 Å². The Morgan fingerprint density at radius 2 is 1.77 bits per heavy atom. The first-order chi connectivity index (χ1) is 21.4. The topological polar surface area (TPSA) is 134 Å². The van der Waals surface area contributed by atoms with Crippen molar-refractivity contribution >= 4 is 35.0 Å². The summed E-state index contributed by atoms with van der Waals surface area (Å²) in [6, 6.07) is 16.4. The van der Waals surface area contributed by atoms with Gasteiger partial charge < -0.3 is 25.5 Å². The van der Waals surface area contributed by atoms with E-state index in [-0.39, 0.29) is 18.1 Å². The highest BCUT2D eigenvalue weighted by molar-refractivity contribution is 5.87. The molecule has 228 valence electrons. The number of nitrogens with two attached hydrogens (primary N) is 1. The zero-order valence-corrected chi connectivity index (χ0v) is 24.9. The molecule has 1 aliphatic carbocycles. The summed E-state index contributed by atoms with van der Waals surface area (Å²) in [5.74, 6) is 1.69. The number of hydrogen-bond acceptors (Lipinski definition) is 8. The molecule has 1 aromatic carbocycles. The Labute approximate surface area is 256 Å². The van der Waals surface area contributed by atoms with Gasteiger partial charge in [-0.3, -0.25) is 14.2 Å². The van der Waals surface area contributed by atoms with E-state index in [9.17, 15) is 14.7 Å². The molecule has 4 aromatic rings. The molecule has 0 bridgehead atoms. The molecule has 3 N–H and O–H groups in total. The largest absolute Gasteiger partial charge is 0.391 e. The minimum Gasteiger partial charge on any atom is -0.391 e. The molecule has 2 amide bonds. The van der Waals surface area contributed by atoms with E-state index in [0.717, 1.165) is 59.0 Å². The summed E-state index contributed by atoms with van der Waals surface area (Å²) in [7, 11) is 0. The van der Waals surface area contributed by atoms with Gasteiger partial charge in [0.25, 0.3) is 0 Å². The van der Waals surface area contributed by atoms with Crippen LogP contribution in [0.3, 0.4) is 0 Å². The number of imidazole rings is 1. The van der Waals surface area contributed by atoms with Gasteiger partial charge in [-0.15, -0.1) is 0 Å². The highest BCUT2D eigenvalue weighted by Crippen LogP contribution is 2.40. The third-order valence-corrected chi connectivity index (χ3v) is 8.54. The second-order valence-corrected chi connectivity index (χ2v) is 11.6. The molecule has 0 spiro atoms. The number of hydrogen-bond donors (Lipinski definition) is 2. The van der Waals surface area contributed by atoms with Crippen LogP contribution in [-0.2, 0) is 9.59 Å². The molecule has 5 heterocycles. The van der Waals surface area contributed by atoms with Crippen molar-refractivity contribution in [2.24, 2.45) is 0 Å². The molecule has 7 rings (SSSR count). The number of fused-ring (bicyclic) bond motifs is 1. The number of nitrogens with zero attached hydrogens (tertiary/aromatic N) is 7. The second kappa shape index (κ2) is 12.5. The first-order valence-corrected chi connectivity index (χ1v) is 15.1. The van der Waals surface area contributed by atoms with E-state index < -0.39 is 0 Å². The van der Waals surface area contributed by atoms with Gasteiger partial charge in [0, 0.05) is 67.9 Å². The van der Waals surface area contributed by atoms with E-state index in [4.69, 9.17) is 15.7 Å². The van der Waals surface area contributed by atoms with Crippen molar-refractivity contribution < 1.29 is 14.7 Å². The number of carbonyl (C=O) groups is 2. The number of β-amino-alcohol motifs (C(OH)–C–C–N with tert-alkyl or cyclic N) is 1. The molecule has 2 aliphatic heterocycles. The van der Waals surface area contributed by atoms with Crippen molar-refractivity contribution in [2.45, 2.75) is 44.2 Å². The zero-order chi connectivity index (χ0) is 30.8. The van der Waals surface area contributed by atoms with Crippen LogP contribution >= 0.6 is 0 Å². The maximum atomic E-state index is 11.2. The molecule has 2 unspecified atom stereocenters. The number of aliphatic hydroxyl groups excluding tert-OH is 1. The average molecular weight is 595 g/mol. The van der Waals surface area contributed by atoms with Crippen molar-refractivity contribution in [3.63, 3.8) is 0 Å². The van der Waals surface area contributed by atoms with Gasteiger partial charge in [-0.05, 0) is 80.8 Å². The lowest BCUT2D eigenvalue weighted by Crippen LogP contribution is -2.52. The molecule has 11 heteroatoms. The van der Waals surface area contributed by atoms with Crippen molar-refractivity contribution in [1.29, 1.82) is 0 Å². The number of aliphatic hydroxyl groups is 1. The fraction of sp³-hybridized carbons (Fsp3) is 0.364. The van der Waals surface area contributed by atoms with E-state index in [0.29, 0.717) is 37.9 Å². The van der Waals surface area contributed by atoms with Crippen LogP contribution in [-0.4, -0.2) is 91.6 Å². The third-order valence-electron chi connectivity index (χ3n) is 8.54. The number of piperazine rings is 1. The maximum Gasteiger partial charge on any atom is 0.246 e. The standard InChI is InChI=1S/C24H24N6O.C9H14N2O2/c25-22-19(2-1-12-26-22)23-28-21-10-9-20(15-3-4-15)27-24(21)30(23)17-7-5-16(6-8-17)29-13-11-18(31)14-29;1-3-9(13)10-4-5-11(7-12)8(2)6-10/h1-2,5-10,12,15,18,31H,3-4,11,13-14H2,(H2,25,26);3,7-8H,1,4-6H2,2H3.